The molecule has 0 atom stereocenters. The number of rotatable bonds is 6. The van der Waals surface area contributed by atoms with Crippen LogP contribution >= 0.6 is 0 Å². The number of hydrogen-bond donors (Lipinski definition) is 1. The molecule has 0 aliphatic rings. The number of benzene rings is 1. The largest absolute Gasteiger partial charge is 0.280 e. The Morgan fingerprint density at radius 2 is 1.85 bits per heavy atom. The molecule has 0 fully saturated rings. The Kier molecular flexibility index (Phi) is 5.32. The number of halogens is 1. The minimum atomic E-state index is -4.05. The van der Waals surface area contributed by atoms with Gasteiger partial charge in [0.25, 0.3) is 10.0 Å². The quantitative estimate of drug-likeness (QED) is 0.645. The van der Waals surface area contributed by atoms with E-state index in [-0.39, 0.29) is 5.82 Å². The molecule has 0 amide bonds. The maximum atomic E-state index is 13.3. The summed E-state index contributed by atoms with van der Waals surface area (Å²) in [5.74, 6) is -0.736. The van der Waals surface area contributed by atoms with E-state index in [1.165, 1.54) is 12.1 Å². The molecular formula is C20H18FN3O2S. The van der Waals surface area contributed by atoms with Gasteiger partial charge in [0.05, 0.1) is 5.69 Å². The standard InChI is InChI=1S/C20H18FN3O2S/c1-3-14-8-5-6-9-16(14)20-15(4-2)12-13-18(23-20)24-27(25,26)19-11-7-10-17(21)22-19/h3,5-13H,1,4H2,2H3,(H,23,24). The average Bonchev–Trinajstić information content (AvgIpc) is 2.67. The Labute approximate surface area is 157 Å². The van der Waals surface area contributed by atoms with Crippen LogP contribution in [0.25, 0.3) is 17.3 Å². The molecule has 3 rings (SSSR count). The molecule has 2 aromatic heterocycles. The molecule has 0 aliphatic carbocycles. The Morgan fingerprint density at radius 1 is 1.07 bits per heavy atom. The summed E-state index contributed by atoms with van der Waals surface area (Å²) in [6.07, 6.45) is 2.45. The van der Waals surface area contributed by atoms with Crippen molar-refractivity contribution in [2.24, 2.45) is 0 Å². The first-order valence-corrected chi connectivity index (χ1v) is 9.80. The minimum absolute atomic E-state index is 0.132. The molecule has 0 saturated carbocycles. The van der Waals surface area contributed by atoms with E-state index in [1.54, 1.807) is 12.1 Å². The zero-order valence-electron chi connectivity index (χ0n) is 14.7. The number of aryl methyl sites for hydroxylation is 1. The lowest BCUT2D eigenvalue weighted by Gasteiger charge is -2.13. The maximum absolute atomic E-state index is 13.3. The van der Waals surface area contributed by atoms with Gasteiger partial charge in [0.15, 0.2) is 5.03 Å². The second-order valence-corrected chi connectivity index (χ2v) is 7.38. The third kappa shape index (κ3) is 4.03. The van der Waals surface area contributed by atoms with Crippen LogP contribution in [0.5, 0.6) is 0 Å². The Bertz CT molecular complexity index is 1100. The summed E-state index contributed by atoms with van der Waals surface area (Å²) >= 11 is 0. The van der Waals surface area contributed by atoms with Crippen LogP contribution in [0.1, 0.15) is 18.1 Å². The van der Waals surface area contributed by atoms with Crippen LogP contribution in [-0.4, -0.2) is 18.4 Å². The monoisotopic (exact) mass is 383 g/mol. The maximum Gasteiger partial charge on any atom is 0.280 e. The molecule has 0 radical (unpaired) electrons. The predicted molar refractivity (Wildman–Crippen MR) is 104 cm³/mol. The number of hydrogen-bond acceptors (Lipinski definition) is 4. The van der Waals surface area contributed by atoms with E-state index in [1.807, 2.05) is 37.3 Å². The third-order valence-corrected chi connectivity index (χ3v) is 5.26. The van der Waals surface area contributed by atoms with Gasteiger partial charge in [-0.15, -0.1) is 0 Å². The smallest absolute Gasteiger partial charge is 0.262 e. The molecule has 0 aliphatic heterocycles. The fourth-order valence-electron chi connectivity index (χ4n) is 2.68. The van der Waals surface area contributed by atoms with Crippen LogP contribution < -0.4 is 4.72 Å². The fourth-order valence-corrected chi connectivity index (χ4v) is 3.64. The summed E-state index contributed by atoms with van der Waals surface area (Å²) in [5.41, 5.74) is 3.39. The van der Waals surface area contributed by atoms with E-state index in [4.69, 9.17) is 0 Å². The van der Waals surface area contributed by atoms with Gasteiger partial charge in [-0.3, -0.25) is 4.72 Å². The van der Waals surface area contributed by atoms with Gasteiger partial charge in [-0.25, -0.2) is 9.97 Å². The van der Waals surface area contributed by atoms with Crippen molar-refractivity contribution in [1.82, 2.24) is 9.97 Å². The van der Waals surface area contributed by atoms with Crippen LogP contribution in [0, 0.1) is 5.95 Å². The van der Waals surface area contributed by atoms with Crippen LogP contribution in [-0.2, 0) is 16.4 Å². The molecule has 1 N–H and O–H groups in total. The lowest BCUT2D eigenvalue weighted by Crippen LogP contribution is -2.16. The minimum Gasteiger partial charge on any atom is -0.262 e. The molecule has 138 valence electrons. The van der Waals surface area contributed by atoms with E-state index >= 15 is 0 Å². The molecule has 27 heavy (non-hydrogen) atoms. The topological polar surface area (TPSA) is 72.0 Å². The molecular weight excluding hydrogens is 365 g/mol. The molecule has 2 heterocycles. The van der Waals surface area contributed by atoms with Crippen LogP contribution in [0.3, 0.4) is 0 Å². The molecule has 5 nitrogen and oxygen atoms in total. The zero-order chi connectivity index (χ0) is 19.4. The van der Waals surface area contributed by atoms with Gasteiger partial charge in [0, 0.05) is 5.56 Å². The first-order valence-electron chi connectivity index (χ1n) is 8.31. The Morgan fingerprint density at radius 3 is 2.56 bits per heavy atom. The lowest BCUT2D eigenvalue weighted by molar-refractivity contribution is 0.558. The van der Waals surface area contributed by atoms with Crippen molar-refractivity contribution in [2.75, 3.05) is 4.72 Å². The van der Waals surface area contributed by atoms with Gasteiger partial charge in [-0.05, 0) is 35.7 Å². The van der Waals surface area contributed by atoms with Crippen LogP contribution in [0.15, 0.2) is 66.2 Å². The van der Waals surface area contributed by atoms with E-state index in [0.29, 0.717) is 5.69 Å². The summed E-state index contributed by atoms with van der Waals surface area (Å²) in [4.78, 5) is 7.92. The van der Waals surface area contributed by atoms with Crippen molar-refractivity contribution in [3.63, 3.8) is 0 Å². The van der Waals surface area contributed by atoms with Gasteiger partial charge in [-0.2, -0.15) is 12.8 Å². The van der Waals surface area contributed by atoms with Crippen molar-refractivity contribution in [1.29, 1.82) is 0 Å². The highest BCUT2D eigenvalue weighted by atomic mass is 32.2. The third-order valence-electron chi connectivity index (χ3n) is 4.00. The van der Waals surface area contributed by atoms with Crippen molar-refractivity contribution < 1.29 is 12.8 Å². The predicted octanol–water partition coefficient (Wildman–Crippen LogP) is 4.29. The van der Waals surface area contributed by atoms with E-state index in [9.17, 15) is 12.8 Å². The normalized spacial score (nSPS) is 11.2. The van der Waals surface area contributed by atoms with Gasteiger partial charge >= 0.3 is 0 Å². The summed E-state index contributed by atoms with van der Waals surface area (Å²) in [5, 5.41) is -0.406. The van der Waals surface area contributed by atoms with Crippen LogP contribution in [0.4, 0.5) is 10.2 Å². The number of nitrogens with zero attached hydrogens (tertiary/aromatic N) is 2. The van der Waals surface area contributed by atoms with E-state index < -0.39 is 21.0 Å². The second-order valence-electron chi connectivity index (χ2n) is 5.75. The number of nitrogens with one attached hydrogen (secondary N) is 1. The summed E-state index contributed by atoms with van der Waals surface area (Å²) in [6, 6.07) is 14.6. The summed E-state index contributed by atoms with van der Waals surface area (Å²) in [6.45, 7) is 5.82. The van der Waals surface area contributed by atoms with Gasteiger partial charge < -0.3 is 0 Å². The second kappa shape index (κ2) is 7.67. The molecule has 0 saturated heterocycles. The first kappa shape index (κ1) is 18.7. The number of sulfonamides is 1. The average molecular weight is 383 g/mol. The molecule has 0 bridgehead atoms. The first-order chi connectivity index (χ1) is 12.9. The molecule has 1 aromatic carbocycles. The number of anilines is 1. The number of pyridine rings is 2. The zero-order valence-corrected chi connectivity index (χ0v) is 15.5. The number of aromatic nitrogens is 2. The van der Waals surface area contributed by atoms with Gasteiger partial charge in [0.2, 0.25) is 5.95 Å². The van der Waals surface area contributed by atoms with E-state index in [0.717, 1.165) is 29.2 Å². The SMILES string of the molecule is C=Cc1ccccc1-c1nc(NS(=O)(=O)c2cccc(F)n2)ccc1CC. The molecule has 0 spiro atoms. The summed E-state index contributed by atoms with van der Waals surface area (Å²) in [7, 11) is -4.05. The Balaban J connectivity index is 2.05. The molecule has 3 aromatic rings. The van der Waals surface area contributed by atoms with Gasteiger partial charge in [0.1, 0.15) is 5.82 Å². The Hall–Kier alpha value is -3.06. The fraction of sp³-hybridized carbons (Fsp3) is 0.100. The molecule has 0 unspecified atom stereocenters. The van der Waals surface area contributed by atoms with Crippen molar-refractivity contribution in [2.45, 2.75) is 18.4 Å². The molecule has 7 heteroatoms. The lowest BCUT2D eigenvalue weighted by atomic mass is 9.99. The highest BCUT2D eigenvalue weighted by Gasteiger charge is 2.18. The van der Waals surface area contributed by atoms with Crippen LogP contribution in [0.2, 0.25) is 0 Å². The van der Waals surface area contributed by atoms with Crippen molar-refractivity contribution in [3.8, 4) is 11.3 Å². The highest BCUT2D eigenvalue weighted by molar-refractivity contribution is 7.92. The highest BCUT2D eigenvalue weighted by Crippen LogP contribution is 2.28. The van der Waals surface area contributed by atoms with Crippen molar-refractivity contribution >= 4 is 21.9 Å². The van der Waals surface area contributed by atoms with E-state index in [2.05, 4.69) is 21.3 Å². The summed E-state index contributed by atoms with van der Waals surface area (Å²) < 4.78 is 40.6. The van der Waals surface area contributed by atoms with Gasteiger partial charge in [-0.1, -0.05) is 56.0 Å². The van der Waals surface area contributed by atoms with Crippen molar-refractivity contribution in [3.05, 3.63) is 78.3 Å².